The molecule has 0 heterocycles. The molecule has 1 fully saturated rings. The van der Waals surface area contributed by atoms with Crippen molar-refractivity contribution >= 4 is 17.6 Å². The lowest BCUT2D eigenvalue weighted by atomic mass is 9.96. The van der Waals surface area contributed by atoms with E-state index in [1.54, 1.807) is 0 Å². The lowest BCUT2D eigenvalue weighted by Crippen LogP contribution is -2.35. The van der Waals surface area contributed by atoms with E-state index in [2.05, 4.69) is 5.32 Å². The zero-order chi connectivity index (χ0) is 19.4. The molecule has 3 rings (SSSR count). The van der Waals surface area contributed by atoms with Gasteiger partial charge in [-0.2, -0.15) is 0 Å². The summed E-state index contributed by atoms with van der Waals surface area (Å²) in [6, 6.07) is 14.2. The van der Waals surface area contributed by atoms with Gasteiger partial charge in [-0.25, -0.2) is 4.79 Å². The molecule has 0 saturated heterocycles. The van der Waals surface area contributed by atoms with Crippen molar-refractivity contribution < 1.29 is 19.2 Å². The number of hydrogen-bond acceptors (Lipinski definition) is 5. The molecule has 0 atom stereocenters. The standard InChI is InChI=1S/C20H20N2O5/c1-14-16(8-5-9-17(14)22(25)26)19(24)27-12-18(23)21-13-20(10-11-20)15-6-3-2-4-7-15/h2-9H,10-13H2,1H3,(H,21,23). The molecule has 1 saturated carbocycles. The van der Waals surface area contributed by atoms with E-state index >= 15 is 0 Å². The van der Waals surface area contributed by atoms with Gasteiger partial charge in [-0.3, -0.25) is 14.9 Å². The minimum absolute atomic E-state index is 0.0302. The first-order valence-electron chi connectivity index (χ1n) is 8.66. The number of nitrogens with zero attached hydrogens (tertiary/aromatic N) is 1. The van der Waals surface area contributed by atoms with Gasteiger partial charge in [0.2, 0.25) is 0 Å². The molecule has 140 valence electrons. The van der Waals surface area contributed by atoms with Gasteiger partial charge in [0.15, 0.2) is 6.61 Å². The van der Waals surface area contributed by atoms with E-state index in [1.807, 2.05) is 30.3 Å². The molecule has 7 nitrogen and oxygen atoms in total. The summed E-state index contributed by atoms with van der Waals surface area (Å²) in [7, 11) is 0. The van der Waals surface area contributed by atoms with E-state index in [9.17, 15) is 19.7 Å². The summed E-state index contributed by atoms with van der Waals surface area (Å²) in [5.74, 6) is -1.15. The van der Waals surface area contributed by atoms with Crippen molar-refractivity contribution in [1.82, 2.24) is 5.32 Å². The van der Waals surface area contributed by atoms with Gasteiger partial charge in [-0.15, -0.1) is 0 Å². The highest BCUT2D eigenvalue weighted by atomic mass is 16.6. The number of nitrogens with one attached hydrogen (secondary N) is 1. The third kappa shape index (κ3) is 4.13. The van der Waals surface area contributed by atoms with Gasteiger partial charge in [0.25, 0.3) is 11.6 Å². The fourth-order valence-electron chi connectivity index (χ4n) is 3.08. The van der Waals surface area contributed by atoms with Crippen molar-refractivity contribution in [3.8, 4) is 0 Å². The van der Waals surface area contributed by atoms with Crippen molar-refractivity contribution in [2.24, 2.45) is 0 Å². The molecule has 7 heteroatoms. The summed E-state index contributed by atoms with van der Waals surface area (Å²) >= 11 is 0. The van der Waals surface area contributed by atoms with Crippen LogP contribution in [0.3, 0.4) is 0 Å². The van der Waals surface area contributed by atoms with Crippen LogP contribution in [0.15, 0.2) is 48.5 Å². The van der Waals surface area contributed by atoms with Crippen molar-refractivity contribution in [2.45, 2.75) is 25.2 Å². The smallest absolute Gasteiger partial charge is 0.339 e. The SMILES string of the molecule is Cc1c(C(=O)OCC(=O)NCC2(c3ccccc3)CC2)cccc1[N+](=O)[O-]. The van der Waals surface area contributed by atoms with E-state index < -0.39 is 23.4 Å². The summed E-state index contributed by atoms with van der Waals surface area (Å²) in [6.45, 7) is 1.54. The van der Waals surface area contributed by atoms with Crippen LogP contribution < -0.4 is 5.32 Å². The van der Waals surface area contributed by atoms with Crippen LogP contribution in [0.2, 0.25) is 0 Å². The summed E-state index contributed by atoms with van der Waals surface area (Å²) in [5, 5.41) is 13.8. The van der Waals surface area contributed by atoms with Gasteiger partial charge in [0.05, 0.1) is 10.5 Å². The molecule has 1 aliphatic rings. The largest absolute Gasteiger partial charge is 0.452 e. The van der Waals surface area contributed by atoms with Crippen LogP contribution in [0.5, 0.6) is 0 Å². The molecule has 1 amide bonds. The maximum Gasteiger partial charge on any atom is 0.339 e. The molecule has 1 N–H and O–H groups in total. The number of carbonyl (C=O) groups is 2. The highest BCUT2D eigenvalue weighted by Gasteiger charge is 2.44. The van der Waals surface area contributed by atoms with Crippen LogP contribution >= 0.6 is 0 Å². The average molecular weight is 368 g/mol. The Labute approximate surface area is 156 Å². The van der Waals surface area contributed by atoms with Crippen molar-refractivity contribution in [1.29, 1.82) is 0 Å². The van der Waals surface area contributed by atoms with Crippen LogP contribution in [0.1, 0.15) is 34.3 Å². The monoisotopic (exact) mass is 368 g/mol. The topological polar surface area (TPSA) is 98.5 Å². The van der Waals surface area contributed by atoms with Crippen LogP contribution in [-0.4, -0.2) is 30.0 Å². The van der Waals surface area contributed by atoms with E-state index in [-0.39, 0.29) is 22.2 Å². The molecule has 2 aromatic carbocycles. The average Bonchev–Trinajstić information content (AvgIpc) is 3.46. The number of nitro benzene ring substituents is 1. The lowest BCUT2D eigenvalue weighted by molar-refractivity contribution is -0.385. The molecule has 0 radical (unpaired) electrons. The van der Waals surface area contributed by atoms with E-state index in [1.165, 1.54) is 30.7 Å². The first-order chi connectivity index (χ1) is 12.9. The number of amides is 1. The van der Waals surface area contributed by atoms with Gasteiger partial charge in [0, 0.05) is 23.6 Å². The second-order valence-electron chi connectivity index (χ2n) is 6.71. The Balaban J connectivity index is 1.53. The molecule has 0 bridgehead atoms. The van der Waals surface area contributed by atoms with Gasteiger partial charge < -0.3 is 10.1 Å². The van der Waals surface area contributed by atoms with Crippen molar-refractivity contribution in [2.75, 3.05) is 13.2 Å². The van der Waals surface area contributed by atoms with E-state index in [0.717, 1.165) is 12.8 Å². The second kappa shape index (κ2) is 7.57. The van der Waals surface area contributed by atoms with Crippen LogP contribution in [0, 0.1) is 17.0 Å². The number of carbonyl (C=O) groups excluding carboxylic acids is 2. The highest BCUT2D eigenvalue weighted by Crippen LogP contribution is 2.47. The van der Waals surface area contributed by atoms with Crippen LogP contribution in [0.4, 0.5) is 5.69 Å². The number of rotatable bonds is 7. The van der Waals surface area contributed by atoms with Crippen LogP contribution in [0.25, 0.3) is 0 Å². The fourth-order valence-corrected chi connectivity index (χ4v) is 3.08. The predicted molar refractivity (Wildman–Crippen MR) is 98.5 cm³/mol. The Morgan fingerprint density at radius 3 is 2.48 bits per heavy atom. The minimum atomic E-state index is -0.754. The Morgan fingerprint density at radius 2 is 1.85 bits per heavy atom. The number of esters is 1. The Morgan fingerprint density at radius 1 is 1.15 bits per heavy atom. The summed E-state index contributed by atoms with van der Waals surface area (Å²) in [5.41, 5.74) is 1.30. The van der Waals surface area contributed by atoms with E-state index in [4.69, 9.17) is 4.74 Å². The molecule has 0 unspecified atom stereocenters. The normalized spacial score (nSPS) is 14.3. The maximum absolute atomic E-state index is 12.2. The summed E-state index contributed by atoms with van der Waals surface area (Å²) in [6.07, 6.45) is 2.01. The fraction of sp³-hybridized carbons (Fsp3) is 0.300. The summed E-state index contributed by atoms with van der Waals surface area (Å²) < 4.78 is 5.02. The van der Waals surface area contributed by atoms with Gasteiger partial charge >= 0.3 is 5.97 Å². The van der Waals surface area contributed by atoms with Crippen molar-refractivity contribution in [3.05, 3.63) is 75.3 Å². The molecular weight excluding hydrogens is 348 g/mol. The van der Waals surface area contributed by atoms with Gasteiger partial charge in [-0.05, 0) is 31.4 Å². The minimum Gasteiger partial charge on any atom is -0.452 e. The maximum atomic E-state index is 12.2. The number of ether oxygens (including phenoxy) is 1. The second-order valence-corrected chi connectivity index (χ2v) is 6.71. The van der Waals surface area contributed by atoms with Crippen LogP contribution in [-0.2, 0) is 14.9 Å². The predicted octanol–water partition coefficient (Wildman–Crippen LogP) is 2.91. The third-order valence-electron chi connectivity index (χ3n) is 4.92. The van der Waals surface area contributed by atoms with Gasteiger partial charge in [0.1, 0.15) is 0 Å². The Kier molecular flexibility index (Phi) is 5.21. The quantitative estimate of drug-likeness (QED) is 0.460. The molecule has 1 aliphatic carbocycles. The first kappa shape index (κ1) is 18.6. The number of hydrogen-bond donors (Lipinski definition) is 1. The molecular formula is C20H20N2O5. The van der Waals surface area contributed by atoms with Gasteiger partial charge in [-0.1, -0.05) is 36.4 Å². The Hall–Kier alpha value is -3.22. The zero-order valence-corrected chi connectivity index (χ0v) is 14.9. The molecule has 2 aromatic rings. The van der Waals surface area contributed by atoms with E-state index in [0.29, 0.717) is 6.54 Å². The number of benzene rings is 2. The molecule has 0 spiro atoms. The lowest BCUT2D eigenvalue weighted by Gasteiger charge is -2.16. The zero-order valence-electron chi connectivity index (χ0n) is 14.9. The highest BCUT2D eigenvalue weighted by molar-refractivity contribution is 5.93. The van der Waals surface area contributed by atoms with Crippen molar-refractivity contribution in [3.63, 3.8) is 0 Å². The third-order valence-corrected chi connectivity index (χ3v) is 4.92. The molecule has 0 aliphatic heterocycles. The molecule has 0 aromatic heterocycles. The summed E-state index contributed by atoms with van der Waals surface area (Å²) in [4.78, 5) is 34.6. The molecule has 27 heavy (non-hydrogen) atoms. The Bertz CT molecular complexity index is 875. The first-order valence-corrected chi connectivity index (χ1v) is 8.66. The number of nitro groups is 1.